The summed E-state index contributed by atoms with van der Waals surface area (Å²) in [4.78, 5) is 14.2. The Bertz CT molecular complexity index is 996. The first kappa shape index (κ1) is 18.7. The lowest BCUT2D eigenvalue weighted by molar-refractivity contribution is 0.0333. The van der Waals surface area contributed by atoms with E-state index < -0.39 is 12.1 Å². The third-order valence-corrected chi connectivity index (χ3v) is 5.11. The van der Waals surface area contributed by atoms with E-state index >= 15 is 0 Å². The zero-order chi connectivity index (χ0) is 19.2. The molecule has 0 bridgehead atoms. The Morgan fingerprint density at radius 3 is 2.33 bits per heavy atom. The van der Waals surface area contributed by atoms with Crippen molar-refractivity contribution in [3.8, 4) is 6.07 Å². The molecule has 0 amide bonds. The van der Waals surface area contributed by atoms with Gasteiger partial charge in [0.1, 0.15) is 18.0 Å². The van der Waals surface area contributed by atoms with Crippen molar-refractivity contribution in [3.63, 3.8) is 0 Å². The number of carbonyl (C=O) groups excluding carboxylic acids is 1. The maximum Gasteiger partial charge on any atom is 0.339 e. The lowest BCUT2D eigenvalue weighted by atomic mass is 10.1. The number of hydrogen-bond donors (Lipinski definition) is 0. The van der Waals surface area contributed by atoms with Crippen LogP contribution in [-0.4, -0.2) is 5.97 Å². The Kier molecular flexibility index (Phi) is 5.90. The molecule has 0 aliphatic rings. The molecule has 0 N–H and O–H groups in total. The highest BCUT2D eigenvalue weighted by molar-refractivity contribution is 7.99. The molecule has 27 heavy (non-hydrogen) atoms. The molecule has 0 saturated carbocycles. The highest BCUT2D eigenvalue weighted by Gasteiger charge is 2.18. The third kappa shape index (κ3) is 4.55. The van der Waals surface area contributed by atoms with E-state index in [1.54, 1.807) is 43.3 Å². The Morgan fingerprint density at radius 1 is 1.00 bits per heavy atom. The standard InChI is InChI=1S/C22H16FNO2S/c1-15(16-10-12-18(23)13-11-16)26-22(25)19-7-3-5-9-21(19)27-20-8-4-2-6-17(20)14-24/h2-13,15H,1H3/t15-/m1/s1. The molecular formula is C22H16FNO2S. The van der Waals surface area contributed by atoms with Gasteiger partial charge in [-0.2, -0.15) is 5.26 Å². The molecule has 134 valence electrons. The van der Waals surface area contributed by atoms with E-state index in [0.717, 1.165) is 4.90 Å². The van der Waals surface area contributed by atoms with E-state index in [9.17, 15) is 14.4 Å². The summed E-state index contributed by atoms with van der Waals surface area (Å²) in [7, 11) is 0. The van der Waals surface area contributed by atoms with Crippen LogP contribution in [0, 0.1) is 17.1 Å². The normalized spacial score (nSPS) is 11.4. The molecule has 3 aromatic rings. The molecule has 1 atom stereocenters. The first-order chi connectivity index (χ1) is 13.1. The average Bonchev–Trinajstić information content (AvgIpc) is 2.69. The number of carbonyl (C=O) groups is 1. The van der Waals surface area contributed by atoms with Crippen molar-refractivity contribution in [2.24, 2.45) is 0 Å². The van der Waals surface area contributed by atoms with Gasteiger partial charge in [0.2, 0.25) is 0 Å². The zero-order valence-electron chi connectivity index (χ0n) is 14.6. The summed E-state index contributed by atoms with van der Waals surface area (Å²) in [5, 5.41) is 9.26. The van der Waals surface area contributed by atoms with Crippen molar-refractivity contribution in [1.29, 1.82) is 5.26 Å². The van der Waals surface area contributed by atoms with Crippen molar-refractivity contribution in [1.82, 2.24) is 0 Å². The fourth-order valence-corrected chi connectivity index (χ4v) is 3.53. The number of nitriles is 1. The number of rotatable bonds is 5. The van der Waals surface area contributed by atoms with Crippen molar-refractivity contribution >= 4 is 17.7 Å². The fourth-order valence-electron chi connectivity index (χ4n) is 2.52. The van der Waals surface area contributed by atoms with E-state index in [-0.39, 0.29) is 5.82 Å². The Labute approximate surface area is 161 Å². The highest BCUT2D eigenvalue weighted by Crippen LogP contribution is 2.33. The third-order valence-electron chi connectivity index (χ3n) is 3.96. The predicted octanol–water partition coefficient (Wildman–Crippen LogP) is 5.77. The lowest BCUT2D eigenvalue weighted by Gasteiger charge is -2.15. The molecule has 0 aliphatic carbocycles. The van der Waals surface area contributed by atoms with Gasteiger partial charge in [-0.05, 0) is 48.9 Å². The smallest absolute Gasteiger partial charge is 0.339 e. The van der Waals surface area contributed by atoms with E-state index in [2.05, 4.69) is 6.07 Å². The first-order valence-corrected chi connectivity index (χ1v) is 9.12. The van der Waals surface area contributed by atoms with E-state index in [0.29, 0.717) is 21.6 Å². The topological polar surface area (TPSA) is 50.1 Å². The molecule has 0 radical (unpaired) electrons. The molecule has 0 unspecified atom stereocenters. The van der Waals surface area contributed by atoms with E-state index in [1.165, 1.54) is 23.9 Å². The van der Waals surface area contributed by atoms with Gasteiger partial charge in [0.15, 0.2) is 0 Å². The molecule has 0 aliphatic heterocycles. The van der Waals surface area contributed by atoms with Crippen LogP contribution in [0.4, 0.5) is 4.39 Å². The molecular weight excluding hydrogens is 361 g/mol. The summed E-state index contributed by atoms with van der Waals surface area (Å²) in [5.41, 5.74) is 1.68. The number of halogens is 1. The van der Waals surface area contributed by atoms with Crippen molar-refractivity contribution < 1.29 is 13.9 Å². The van der Waals surface area contributed by atoms with Crippen LogP contribution in [0.3, 0.4) is 0 Å². The minimum absolute atomic E-state index is 0.338. The molecule has 0 fully saturated rings. The van der Waals surface area contributed by atoms with Gasteiger partial charge >= 0.3 is 5.97 Å². The predicted molar refractivity (Wildman–Crippen MR) is 102 cm³/mol. The van der Waals surface area contributed by atoms with Gasteiger partial charge in [-0.3, -0.25) is 0 Å². The summed E-state index contributed by atoms with van der Waals surface area (Å²) in [6.45, 7) is 1.74. The van der Waals surface area contributed by atoms with Crippen molar-refractivity contribution in [2.75, 3.05) is 0 Å². The average molecular weight is 377 g/mol. The zero-order valence-corrected chi connectivity index (χ0v) is 15.4. The molecule has 0 saturated heterocycles. The Hall–Kier alpha value is -3.10. The summed E-state index contributed by atoms with van der Waals surface area (Å²) >= 11 is 1.35. The van der Waals surface area contributed by atoms with Crippen molar-refractivity contribution in [2.45, 2.75) is 22.8 Å². The molecule has 3 aromatic carbocycles. The Balaban J connectivity index is 1.81. The van der Waals surface area contributed by atoms with Crippen LogP contribution < -0.4 is 0 Å². The number of nitrogens with zero attached hydrogens (tertiary/aromatic N) is 1. The van der Waals surface area contributed by atoms with Gasteiger partial charge < -0.3 is 4.74 Å². The number of benzene rings is 3. The molecule has 0 aromatic heterocycles. The number of esters is 1. The summed E-state index contributed by atoms with van der Waals surface area (Å²) in [6.07, 6.45) is -0.512. The lowest BCUT2D eigenvalue weighted by Crippen LogP contribution is -2.10. The van der Waals surface area contributed by atoms with Crippen LogP contribution >= 0.6 is 11.8 Å². The minimum Gasteiger partial charge on any atom is -0.454 e. The van der Waals surface area contributed by atoms with Crippen LogP contribution in [-0.2, 0) is 4.74 Å². The van der Waals surface area contributed by atoms with E-state index in [1.807, 2.05) is 24.3 Å². The van der Waals surface area contributed by atoms with Gasteiger partial charge in [0.05, 0.1) is 11.1 Å². The quantitative estimate of drug-likeness (QED) is 0.530. The first-order valence-electron chi connectivity index (χ1n) is 8.31. The minimum atomic E-state index is -0.512. The van der Waals surface area contributed by atoms with E-state index in [4.69, 9.17) is 4.74 Å². The SMILES string of the molecule is C[C@@H](OC(=O)c1ccccc1Sc1ccccc1C#N)c1ccc(F)cc1. The monoisotopic (exact) mass is 377 g/mol. The highest BCUT2D eigenvalue weighted by atomic mass is 32.2. The van der Waals surface area contributed by atoms with Crippen LogP contribution in [0.5, 0.6) is 0 Å². The second kappa shape index (κ2) is 8.52. The molecule has 3 rings (SSSR count). The largest absolute Gasteiger partial charge is 0.454 e. The summed E-state index contributed by atoms with van der Waals surface area (Å²) in [6, 6.07) is 22.3. The second-order valence-electron chi connectivity index (χ2n) is 5.81. The van der Waals surface area contributed by atoms with Gasteiger partial charge in [0.25, 0.3) is 0 Å². The Morgan fingerprint density at radius 2 is 1.63 bits per heavy atom. The second-order valence-corrected chi connectivity index (χ2v) is 6.89. The maximum absolute atomic E-state index is 13.1. The molecule has 5 heteroatoms. The van der Waals surface area contributed by atoms with Gasteiger partial charge in [-0.25, -0.2) is 9.18 Å². The van der Waals surface area contributed by atoms with Crippen LogP contribution in [0.25, 0.3) is 0 Å². The van der Waals surface area contributed by atoms with Gasteiger partial charge in [-0.1, -0.05) is 48.2 Å². The summed E-state index contributed by atoms with van der Waals surface area (Å²) in [5.74, 6) is -0.806. The number of hydrogen-bond acceptors (Lipinski definition) is 4. The van der Waals surface area contributed by atoms with Crippen LogP contribution in [0.2, 0.25) is 0 Å². The van der Waals surface area contributed by atoms with Crippen LogP contribution in [0.1, 0.15) is 34.5 Å². The molecule has 0 spiro atoms. The summed E-state index contributed by atoms with van der Waals surface area (Å²) < 4.78 is 18.6. The molecule has 3 nitrogen and oxygen atoms in total. The van der Waals surface area contributed by atoms with Gasteiger partial charge in [0, 0.05) is 9.79 Å². The maximum atomic E-state index is 13.1. The van der Waals surface area contributed by atoms with Crippen LogP contribution in [0.15, 0.2) is 82.6 Å². The van der Waals surface area contributed by atoms with Crippen molar-refractivity contribution in [3.05, 3.63) is 95.3 Å². The fraction of sp³-hybridized carbons (Fsp3) is 0.0909. The number of ether oxygens (including phenoxy) is 1. The molecule has 0 heterocycles. The van der Waals surface area contributed by atoms with Gasteiger partial charge in [-0.15, -0.1) is 0 Å².